The molecule has 204 valence electrons. The van der Waals surface area contributed by atoms with Crippen LogP contribution in [0.1, 0.15) is 93.4 Å². The molecule has 0 heterocycles. The highest BCUT2D eigenvalue weighted by atomic mass is 16.5. The van der Waals surface area contributed by atoms with Crippen LogP contribution in [0.2, 0.25) is 0 Å². The number of fused-ring (bicyclic) bond motifs is 7. The number of aliphatic hydroxyl groups excluding tert-OH is 2. The lowest BCUT2D eigenvalue weighted by molar-refractivity contribution is -0.250. The fraction of sp³-hybridized carbons (Fsp3) is 0.903. The maximum absolute atomic E-state index is 12.9. The van der Waals surface area contributed by atoms with Crippen molar-refractivity contribution in [1.29, 1.82) is 0 Å². The lowest BCUT2D eigenvalue weighted by Crippen LogP contribution is -2.69. The van der Waals surface area contributed by atoms with Crippen LogP contribution in [0, 0.1) is 56.7 Å². The first-order valence-corrected chi connectivity index (χ1v) is 14.5. The minimum absolute atomic E-state index is 0.0358. The van der Waals surface area contributed by atoms with Crippen LogP contribution in [-0.4, -0.2) is 46.7 Å². The van der Waals surface area contributed by atoms with Crippen molar-refractivity contribution in [2.45, 2.75) is 112 Å². The van der Waals surface area contributed by atoms with Crippen LogP contribution in [0.3, 0.4) is 0 Å². The number of hydrogen-bond acceptors (Lipinski definition) is 4. The Kier molecular flexibility index (Phi) is 5.97. The third kappa shape index (κ3) is 3.03. The van der Waals surface area contributed by atoms with Gasteiger partial charge in [-0.15, -0.1) is 0 Å². The van der Waals surface area contributed by atoms with Crippen molar-refractivity contribution in [2.75, 3.05) is 7.11 Å². The first-order chi connectivity index (χ1) is 16.6. The van der Waals surface area contributed by atoms with E-state index < -0.39 is 23.6 Å². The highest BCUT2D eigenvalue weighted by Crippen LogP contribution is 2.76. The molecule has 5 heteroatoms. The molecule has 0 unspecified atom stereocenters. The van der Waals surface area contributed by atoms with E-state index >= 15 is 0 Å². The molecule has 3 N–H and O–H groups in total. The van der Waals surface area contributed by atoms with Gasteiger partial charge in [-0.25, -0.2) is 0 Å². The van der Waals surface area contributed by atoms with Crippen LogP contribution in [0.5, 0.6) is 0 Å². The van der Waals surface area contributed by atoms with Gasteiger partial charge in [0.1, 0.15) is 0 Å². The van der Waals surface area contributed by atoms with Gasteiger partial charge in [0.25, 0.3) is 0 Å². The summed E-state index contributed by atoms with van der Waals surface area (Å²) < 4.78 is 6.33. The molecule has 5 aliphatic carbocycles. The van der Waals surface area contributed by atoms with Crippen LogP contribution < -0.4 is 0 Å². The minimum Gasteiger partial charge on any atom is -0.481 e. The summed E-state index contributed by atoms with van der Waals surface area (Å²) in [7, 11) is 1.80. The van der Waals surface area contributed by atoms with E-state index in [1.165, 1.54) is 5.57 Å². The SMILES string of the molecule is CO[C@@H]1C=C2[C@@H]3[C@@H](C)[C@H](C)CC[C@]3(C(=O)O)CC[C@@]2(C)[C@]2(C)CC[C@H]3C(C)(C)[C@H](O)[C@H](O)C[C@]3(C)[C@@H]12. The van der Waals surface area contributed by atoms with Crippen LogP contribution in [-0.2, 0) is 9.53 Å². The van der Waals surface area contributed by atoms with Crippen molar-refractivity contribution < 1.29 is 24.9 Å². The van der Waals surface area contributed by atoms with Gasteiger partial charge in [0.2, 0.25) is 0 Å². The van der Waals surface area contributed by atoms with Gasteiger partial charge in [0.05, 0.1) is 23.7 Å². The van der Waals surface area contributed by atoms with Crippen molar-refractivity contribution >= 4 is 5.97 Å². The Morgan fingerprint density at radius 2 is 1.67 bits per heavy atom. The molecule has 0 amide bonds. The van der Waals surface area contributed by atoms with Gasteiger partial charge >= 0.3 is 5.97 Å². The van der Waals surface area contributed by atoms with Gasteiger partial charge < -0.3 is 20.1 Å². The molecule has 12 atom stereocenters. The Hall–Kier alpha value is -0.910. The summed E-state index contributed by atoms with van der Waals surface area (Å²) in [5.74, 6) is 0.716. The molecule has 0 bridgehead atoms. The Labute approximate surface area is 218 Å². The van der Waals surface area contributed by atoms with Crippen molar-refractivity contribution in [3.05, 3.63) is 11.6 Å². The minimum atomic E-state index is -0.746. The number of ether oxygens (including phenoxy) is 1. The smallest absolute Gasteiger partial charge is 0.310 e. The van der Waals surface area contributed by atoms with E-state index in [1.54, 1.807) is 7.11 Å². The van der Waals surface area contributed by atoms with E-state index in [0.717, 1.165) is 38.5 Å². The Morgan fingerprint density at radius 3 is 2.28 bits per heavy atom. The number of carboxylic acids is 1. The zero-order valence-corrected chi connectivity index (χ0v) is 23.8. The zero-order valence-electron chi connectivity index (χ0n) is 23.8. The molecule has 0 aromatic heterocycles. The van der Waals surface area contributed by atoms with Gasteiger partial charge in [0, 0.05) is 13.0 Å². The number of allylic oxidation sites excluding steroid dienone is 1. The van der Waals surface area contributed by atoms with Gasteiger partial charge in [-0.2, -0.15) is 0 Å². The normalized spacial score (nSPS) is 55.9. The van der Waals surface area contributed by atoms with Gasteiger partial charge in [-0.05, 0) is 90.3 Å². The lowest BCUT2D eigenvalue weighted by atomic mass is 9.32. The third-order valence-corrected chi connectivity index (χ3v) is 13.6. The number of methoxy groups -OCH3 is 1. The summed E-state index contributed by atoms with van der Waals surface area (Å²) >= 11 is 0. The van der Waals surface area contributed by atoms with Crippen LogP contribution in [0.25, 0.3) is 0 Å². The molecule has 0 saturated heterocycles. The van der Waals surface area contributed by atoms with Gasteiger partial charge in [-0.3, -0.25) is 4.79 Å². The van der Waals surface area contributed by atoms with E-state index in [0.29, 0.717) is 18.3 Å². The Bertz CT molecular complexity index is 957. The van der Waals surface area contributed by atoms with Crippen molar-refractivity contribution in [3.8, 4) is 0 Å². The number of aliphatic hydroxyl groups is 2. The second kappa shape index (κ2) is 8.05. The van der Waals surface area contributed by atoms with Crippen LogP contribution in [0.15, 0.2) is 11.6 Å². The quantitative estimate of drug-likeness (QED) is 0.423. The molecule has 0 aliphatic heterocycles. The number of carboxylic acid groups (broad SMARTS) is 1. The summed E-state index contributed by atoms with van der Waals surface area (Å²) in [6.45, 7) is 16.1. The van der Waals surface area contributed by atoms with E-state index in [1.807, 2.05) is 0 Å². The van der Waals surface area contributed by atoms with E-state index in [4.69, 9.17) is 4.74 Å². The molecule has 0 spiro atoms. The Morgan fingerprint density at radius 1 is 1.00 bits per heavy atom. The summed E-state index contributed by atoms with van der Waals surface area (Å²) in [5, 5.41) is 32.7. The molecule has 0 radical (unpaired) electrons. The fourth-order valence-corrected chi connectivity index (χ4v) is 11.3. The highest BCUT2D eigenvalue weighted by molar-refractivity contribution is 5.76. The third-order valence-electron chi connectivity index (χ3n) is 13.6. The van der Waals surface area contributed by atoms with Crippen LogP contribution in [0.4, 0.5) is 0 Å². The molecule has 4 saturated carbocycles. The molecular formula is C31H50O5. The number of hydrogen-bond donors (Lipinski definition) is 3. The zero-order chi connectivity index (χ0) is 26.6. The van der Waals surface area contributed by atoms with Crippen molar-refractivity contribution in [3.63, 3.8) is 0 Å². The predicted octanol–water partition coefficient (Wildman–Crippen LogP) is 5.69. The standard InChI is InChI=1S/C31H50O5/c1-17-9-12-31(26(34)35)14-13-29(6)19(23(31)18(17)2)15-21(36-8)24-28(5)16-20(32)25(33)27(3,4)22(28)10-11-30(24,29)7/h15,17-18,20-25,32-33H,9-14,16H2,1-8H3,(H,34,35)/t17-,18+,20-,21-,22+,23+,24-,25-,28+,29-,30-,31+/m1/s1. The molecule has 0 aromatic rings. The number of aliphatic carboxylic acids is 1. The molecular weight excluding hydrogens is 452 g/mol. The average molecular weight is 503 g/mol. The monoisotopic (exact) mass is 502 g/mol. The second-order valence-electron chi connectivity index (χ2n) is 15.0. The predicted molar refractivity (Wildman–Crippen MR) is 140 cm³/mol. The summed E-state index contributed by atoms with van der Waals surface area (Å²) in [5.41, 5.74) is -0.0819. The molecule has 5 aliphatic rings. The van der Waals surface area contributed by atoms with E-state index in [9.17, 15) is 20.1 Å². The van der Waals surface area contributed by atoms with E-state index in [-0.39, 0.29) is 45.5 Å². The van der Waals surface area contributed by atoms with Gasteiger partial charge in [0.15, 0.2) is 0 Å². The molecule has 5 rings (SSSR count). The summed E-state index contributed by atoms with van der Waals surface area (Å²) in [6, 6.07) is 0. The number of carbonyl (C=O) groups is 1. The van der Waals surface area contributed by atoms with Crippen molar-refractivity contribution in [1.82, 2.24) is 0 Å². The largest absolute Gasteiger partial charge is 0.481 e. The van der Waals surface area contributed by atoms with Crippen molar-refractivity contribution in [2.24, 2.45) is 56.7 Å². The summed E-state index contributed by atoms with van der Waals surface area (Å²) in [4.78, 5) is 12.9. The maximum atomic E-state index is 12.9. The van der Waals surface area contributed by atoms with Crippen LogP contribution >= 0.6 is 0 Å². The topological polar surface area (TPSA) is 87.0 Å². The molecule has 36 heavy (non-hydrogen) atoms. The highest BCUT2D eigenvalue weighted by Gasteiger charge is 2.72. The molecule has 5 nitrogen and oxygen atoms in total. The maximum Gasteiger partial charge on any atom is 0.310 e. The Balaban J connectivity index is 1.69. The first-order valence-electron chi connectivity index (χ1n) is 14.5. The van der Waals surface area contributed by atoms with Gasteiger partial charge in [-0.1, -0.05) is 60.1 Å². The lowest BCUT2D eigenvalue weighted by Gasteiger charge is -2.72. The number of rotatable bonds is 2. The average Bonchev–Trinajstić information content (AvgIpc) is 2.79. The van der Waals surface area contributed by atoms with E-state index in [2.05, 4.69) is 54.5 Å². The molecule has 4 fully saturated rings. The fourth-order valence-electron chi connectivity index (χ4n) is 11.3. The second-order valence-corrected chi connectivity index (χ2v) is 15.0. The first kappa shape index (κ1) is 26.7. The molecule has 0 aromatic carbocycles. The summed E-state index contributed by atoms with van der Waals surface area (Å²) in [6.07, 6.45) is 6.78.